The second-order valence-electron chi connectivity index (χ2n) is 7.50. The van der Waals surface area contributed by atoms with Crippen LogP contribution in [0.3, 0.4) is 0 Å². The quantitative estimate of drug-likeness (QED) is 0.521. The van der Waals surface area contributed by atoms with Gasteiger partial charge in [-0.05, 0) is 18.7 Å². The molecule has 1 aliphatic heterocycles. The van der Waals surface area contributed by atoms with Crippen LogP contribution in [0.4, 0.5) is 0 Å². The number of aromatic nitrogens is 3. The number of furan rings is 1. The van der Waals surface area contributed by atoms with Gasteiger partial charge in [0.1, 0.15) is 5.76 Å². The molecule has 4 heterocycles. The summed E-state index contributed by atoms with van der Waals surface area (Å²) in [5, 5.41) is 4.61. The Balaban J connectivity index is 1.40. The highest BCUT2D eigenvalue weighted by atomic mass is 16.3. The summed E-state index contributed by atoms with van der Waals surface area (Å²) >= 11 is 0. The molecule has 0 amide bonds. The van der Waals surface area contributed by atoms with Crippen molar-refractivity contribution >= 4 is 5.65 Å². The third kappa shape index (κ3) is 3.57. The van der Waals surface area contributed by atoms with Crippen molar-refractivity contribution in [2.75, 3.05) is 32.7 Å². The van der Waals surface area contributed by atoms with Crippen molar-refractivity contribution in [1.82, 2.24) is 24.4 Å². The van der Waals surface area contributed by atoms with Gasteiger partial charge in [0.2, 0.25) is 0 Å². The zero-order chi connectivity index (χ0) is 19.6. The lowest BCUT2D eigenvalue weighted by Gasteiger charge is -2.33. The van der Waals surface area contributed by atoms with E-state index in [1.807, 2.05) is 47.4 Å². The lowest BCUT2D eigenvalue weighted by molar-refractivity contribution is 0.125. The van der Waals surface area contributed by atoms with Gasteiger partial charge in [-0.3, -0.25) is 4.90 Å². The van der Waals surface area contributed by atoms with Crippen molar-refractivity contribution in [2.24, 2.45) is 0 Å². The second kappa shape index (κ2) is 7.81. The summed E-state index contributed by atoms with van der Waals surface area (Å²) in [7, 11) is 0. The maximum Gasteiger partial charge on any atom is 0.163 e. The number of benzene rings is 1. The molecule has 1 aliphatic rings. The third-order valence-electron chi connectivity index (χ3n) is 5.73. The van der Waals surface area contributed by atoms with E-state index in [0.717, 1.165) is 73.1 Å². The average molecular weight is 387 g/mol. The van der Waals surface area contributed by atoms with Crippen LogP contribution in [-0.4, -0.2) is 57.1 Å². The van der Waals surface area contributed by atoms with E-state index in [1.54, 1.807) is 0 Å². The van der Waals surface area contributed by atoms with E-state index in [9.17, 15) is 0 Å². The Labute approximate surface area is 170 Å². The molecule has 4 aromatic rings. The highest BCUT2D eigenvalue weighted by molar-refractivity contribution is 5.78. The van der Waals surface area contributed by atoms with Gasteiger partial charge < -0.3 is 9.32 Å². The standard InChI is InChI=1S/C23H25N5O/c1-2-26-10-12-27(13-11-26)16-20-14-19(17-29-20)21-15-25-28-22(8-9-24-23(21)28)18-6-4-3-5-7-18/h3-9,14-15,17H,2,10-13,16H2,1H3. The number of nitrogens with zero attached hydrogens (tertiary/aromatic N) is 5. The molecule has 0 aliphatic carbocycles. The summed E-state index contributed by atoms with van der Waals surface area (Å²) in [6.45, 7) is 8.63. The molecule has 0 unspecified atom stereocenters. The molecule has 0 N–H and O–H groups in total. The van der Waals surface area contributed by atoms with Gasteiger partial charge in [0.05, 0.1) is 24.7 Å². The Morgan fingerprint density at radius 1 is 0.966 bits per heavy atom. The number of hydrogen-bond acceptors (Lipinski definition) is 5. The van der Waals surface area contributed by atoms with E-state index >= 15 is 0 Å². The molecule has 5 rings (SSSR count). The molecule has 3 aromatic heterocycles. The molecule has 1 fully saturated rings. The Morgan fingerprint density at radius 3 is 2.55 bits per heavy atom. The monoisotopic (exact) mass is 387 g/mol. The highest BCUT2D eigenvalue weighted by Gasteiger charge is 2.18. The first-order chi connectivity index (χ1) is 14.3. The fraction of sp³-hybridized carbons (Fsp3) is 0.304. The van der Waals surface area contributed by atoms with Gasteiger partial charge in [-0.25, -0.2) is 9.50 Å². The average Bonchev–Trinajstić information content (AvgIpc) is 3.41. The number of rotatable bonds is 5. The minimum absolute atomic E-state index is 0.843. The zero-order valence-corrected chi connectivity index (χ0v) is 16.7. The molecule has 1 aromatic carbocycles. The van der Waals surface area contributed by atoms with Gasteiger partial charge in [0.15, 0.2) is 5.65 Å². The molecular weight excluding hydrogens is 362 g/mol. The SMILES string of the molecule is CCN1CCN(Cc2cc(-c3cnn4c(-c5ccccc5)ccnc34)co2)CC1. The summed E-state index contributed by atoms with van der Waals surface area (Å²) in [6.07, 6.45) is 5.55. The Bertz CT molecular complexity index is 1090. The van der Waals surface area contributed by atoms with Gasteiger partial charge in [-0.15, -0.1) is 0 Å². The van der Waals surface area contributed by atoms with Gasteiger partial charge in [0, 0.05) is 49.1 Å². The first-order valence-corrected chi connectivity index (χ1v) is 10.2. The van der Waals surface area contributed by atoms with Crippen LogP contribution < -0.4 is 0 Å². The molecule has 6 heteroatoms. The van der Waals surface area contributed by atoms with E-state index in [-0.39, 0.29) is 0 Å². The highest BCUT2D eigenvalue weighted by Crippen LogP contribution is 2.28. The Morgan fingerprint density at radius 2 is 1.76 bits per heavy atom. The van der Waals surface area contributed by atoms with Crippen molar-refractivity contribution in [3.8, 4) is 22.4 Å². The Kier molecular flexibility index (Phi) is 4.87. The van der Waals surface area contributed by atoms with Crippen LogP contribution in [0.25, 0.3) is 28.0 Å². The molecule has 1 saturated heterocycles. The van der Waals surface area contributed by atoms with Crippen LogP contribution in [0, 0.1) is 0 Å². The number of fused-ring (bicyclic) bond motifs is 1. The van der Waals surface area contributed by atoms with Crippen molar-refractivity contribution in [3.63, 3.8) is 0 Å². The number of piperazine rings is 1. The molecule has 29 heavy (non-hydrogen) atoms. The van der Waals surface area contributed by atoms with Gasteiger partial charge in [0.25, 0.3) is 0 Å². The number of likely N-dealkylation sites (N-methyl/N-ethyl adjacent to an activating group) is 1. The first kappa shape index (κ1) is 18.1. The van der Waals surface area contributed by atoms with Crippen LogP contribution in [0.15, 0.2) is 65.5 Å². The predicted molar refractivity (Wildman–Crippen MR) is 114 cm³/mol. The van der Waals surface area contributed by atoms with Crippen LogP contribution in [-0.2, 0) is 6.54 Å². The largest absolute Gasteiger partial charge is 0.467 e. The molecule has 0 radical (unpaired) electrons. The van der Waals surface area contributed by atoms with Gasteiger partial charge in [-0.1, -0.05) is 37.3 Å². The van der Waals surface area contributed by atoms with Crippen LogP contribution in [0.5, 0.6) is 0 Å². The molecule has 6 nitrogen and oxygen atoms in total. The van der Waals surface area contributed by atoms with Gasteiger partial charge >= 0.3 is 0 Å². The predicted octanol–water partition coefficient (Wildman–Crippen LogP) is 3.79. The van der Waals surface area contributed by atoms with Crippen LogP contribution in [0.2, 0.25) is 0 Å². The van der Waals surface area contributed by atoms with Crippen LogP contribution >= 0.6 is 0 Å². The number of hydrogen-bond donors (Lipinski definition) is 0. The molecular formula is C23H25N5O. The third-order valence-corrected chi connectivity index (χ3v) is 5.73. The lowest BCUT2D eigenvalue weighted by Crippen LogP contribution is -2.45. The molecule has 0 atom stereocenters. The van der Waals surface area contributed by atoms with E-state index in [0.29, 0.717) is 0 Å². The molecule has 148 valence electrons. The smallest absolute Gasteiger partial charge is 0.163 e. The van der Waals surface area contributed by atoms with Crippen molar-refractivity contribution in [3.05, 3.63) is 66.9 Å². The molecule has 0 saturated carbocycles. The summed E-state index contributed by atoms with van der Waals surface area (Å²) in [4.78, 5) is 9.53. The summed E-state index contributed by atoms with van der Waals surface area (Å²) in [5.41, 5.74) is 5.01. The fourth-order valence-corrected chi connectivity index (χ4v) is 4.01. The molecule has 0 bridgehead atoms. The lowest BCUT2D eigenvalue weighted by atomic mass is 10.1. The maximum atomic E-state index is 5.89. The van der Waals surface area contributed by atoms with Gasteiger partial charge in [-0.2, -0.15) is 5.10 Å². The fourth-order valence-electron chi connectivity index (χ4n) is 4.01. The minimum atomic E-state index is 0.843. The van der Waals surface area contributed by atoms with Crippen LogP contribution in [0.1, 0.15) is 12.7 Å². The van der Waals surface area contributed by atoms with E-state index in [4.69, 9.17) is 4.42 Å². The Hall–Kier alpha value is -2.96. The minimum Gasteiger partial charge on any atom is -0.467 e. The molecule has 0 spiro atoms. The van der Waals surface area contributed by atoms with E-state index < -0.39 is 0 Å². The summed E-state index contributed by atoms with van der Waals surface area (Å²) < 4.78 is 7.79. The normalized spacial score (nSPS) is 15.9. The summed E-state index contributed by atoms with van der Waals surface area (Å²) in [6, 6.07) is 14.4. The topological polar surface area (TPSA) is 49.8 Å². The van der Waals surface area contributed by atoms with E-state index in [1.165, 1.54) is 0 Å². The van der Waals surface area contributed by atoms with Crippen molar-refractivity contribution in [1.29, 1.82) is 0 Å². The van der Waals surface area contributed by atoms with Crippen molar-refractivity contribution in [2.45, 2.75) is 13.5 Å². The summed E-state index contributed by atoms with van der Waals surface area (Å²) in [5.74, 6) is 0.989. The maximum absolute atomic E-state index is 5.89. The zero-order valence-electron chi connectivity index (χ0n) is 16.7. The second-order valence-corrected chi connectivity index (χ2v) is 7.50. The van der Waals surface area contributed by atoms with Crippen molar-refractivity contribution < 1.29 is 4.42 Å². The first-order valence-electron chi connectivity index (χ1n) is 10.2. The van der Waals surface area contributed by atoms with E-state index in [2.05, 4.69) is 45.0 Å².